The van der Waals surface area contributed by atoms with Crippen molar-refractivity contribution in [1.29, 1.82) is 0 Å². The van der Waals surface area contributed by atoms with Crippen LogP contribution in [0.4, 0.5) is 5.69 Å². The fourth-order valence-electron chi connectivity index (χ4n) is 2.42. The van der Waals surface area contributed by atoms with Crippen molar-refractivity contribution in [2.24, 2.45) is 0 Å². The normalized spacial score (nSPS) is 21.1. The van der Waals surface area contributed by atoms with E-state index in [9.17, 15) is 8.42 Å². The Kier molecular flexibility index (Phi) is 4.13. The average molecular weight is 283 g/mol. The smallest absolute Gasteiger partial charge is 0.242 e. The highest BCUT2D eigenvalue weighted by molar-refractivity contribution is 7.89. The van der Waals surface area contributed by atoms with E-state index in [1.54, 1.807) is 31.3 Å². The number of anilines is 1. The first-order valence-electron chi connectivity index (χ1n) is 6.43. The molecule has 2 N–H and O–H groups in total. The summed E-state index contributed by atoms with van der Waals surface area (Å²) in [5.41, 5.74) is 6.15. The van der Waals surface area contributed by atoms with E-state index in [1.807, 2.05) is 7.05 Å². The number of rotatable bonds is 4. The number of hydrogen-bond acceptors (Lipinski definition) is 4. The molecule has 1 saturated heterocycles. The maximum atomic E-state index is 12.4. The second-order valence-electron chi connectivity index (χ2n) is 5.13. The lowest BCUT2D eigenvalue weighted by Crippen LogP contribution is -2.39. The van der Waals surface area contributed by atoms with Crippen molar-refractivity contribution in [2.75, 3.05) is 32.9 Å². The molecule has 1 atom stereocenters. The number of sulfonamides is 1. The van der Waals surface area contributed by atoms with E-state index in [-0.39, 0.29) is 0 Å². The van der Waals surface area contributed by atoms with Gasteiger partial charge in [-0.15, -0.1) is 0 Å². The molecule has 0 radical (unpaired) electrons. The van der Waals surface area contributed by atoms with Crippen molar-refractivity contribution in [1.82, 2.24) is 9.21 Å². The molecule has 1 aliphatic heterocycles. The molecule has 1 aromatic carbocycles. The van der Waals surface area contributed by atoms with Crippen molar-refractivity contribution in [3.63, 3.8) is 0 Å². The van der Waals surface area contributed by atoms with E-state index in [2.05, 4.69) is 4.90 Å². The van der Waals surface area contributed by atoms with Gasteiger partial charge in [-0.25, -0.2) is 8.42 Å². The molecule has 1 unspecified atom stereocenters. The van der Waals surface area contributed by atoms with Crippen LogP contribution in [0.2, 0.25) is 0 Å². The Balaban J connectivity index is 2.12. The number of nitrogens with zero attached hydrogens (tertiary/aromatic N) is 2. The molecule has 0 saturated carbocycles. The second-order valence-corrected chi connectivity index (χ2v) is 7.18. The van der Waals surface area contributed by atoms with E-state index in [4.69, 9.17) is 5.73 Å². The van der Waals surface area contributed by atoms with Crippen LogP contribution >= 0.6 is 0 Å². The van der Waals surface area contributed by atoms with Gasteiger partial charge in [-0.2, -0.15) is 4.31 Å². The molecule has 1 heterocycles. The van der Waals surface area contributed by atoms with Gasteiger partial charge >= 0.3 is 0 Å². The van der Waals surface area contributed by atoms with E-state index < -0.39 is 10.0 Å². The van der Waals surface area contributed by atoms with Crippen molar-refractivity contribution in [3.05, 3.63) is 24.3 Å². The maximum absolute atomic E-state index is 12.4. The second kappa shape index (κ2) is 5.48. The quantitative estimate of drug-likeness (QED) is 0.837. The van der Waals surface area contributed by atoms with E-state index >= 15 is 0 Å². The van der Waals surface area contributed by atoms with Crippen molar-refractivity contribution in [2.45, 2.75) is 23.8 Å². The van der Waals surface area contributed by atoms with Gasteiger partial charge in [-0.3, -0.25) is 0 Å². The Morgan fingerprint density at radius 1 is 1.37 bits per heavy atom. The van der Waals surface area contributed by atoms with Gasteiger partial charge in [0.15, 0.2) is 0 Å². The molecule has 1 fully saturated rings. The van der Waals surface area contributed by atoms with Crippen LogP contribution in [-0.2, 0) is 10.0 Å². The zero-order valence-corrected chi connectivity index (χ0v) is 12.2. The average Bonchev–Trinajstić information content (AvgIpc) is 2.75. The van der Waals surface area contributed by atoms with E-state index in [0.717, 1.165) is 19.4 Å². The minimum atomic E-state index is -3.42. The largest absolute Gasteiger partial charge is 0.399 e. The standard InChI is InChI=1S/C13H21N3O2S/c1-15-9-3-4-12(15)10-16(2)19(17,18)13-7-5-11(14)6-8-13/h5-8,12H,3-4,9-10,14H2,1-2H3. The summed E-state index contributed by atoms with van der Waals surface area (Å²) < 4.78 is 26.2. The maximum Gasteiger partial charge on any atom is 0.242 e. The molecule has 6 heteroatoms. The summed E-state index contributed by atoms with van der Waals surface area (Å²) in [5.74, 6) is 0. The third-order valence-electron chi connectivity index (χ3n) is 3.73. The first-order chi connectivity index (χ1) is 8.91. The lowest BCUT2D eigenvalue weighted by molar-refractivity contribution is 0.271. The predicted octanol–water partition coefficient (Wildman–Crippen LogP) is 0.983. The van der Waals surface area contributed by atoms with Gasteiger partial charge in [0.1, 0.15) is 0 Å². The number of hydrogen-bond donors (Lipinski definition) is 1. The zero-order chi connectivity index (χ0) is 14.0. The molecule has 1 aromatic rings. The van der Waals surface area contributed by atoms with Gasteiger partial charge in [0.25, 0.3) is 0 Å². The van der Waals surface area contributed by atoms with Crippen LogP contribution in [0.15, 0.2) is 29.2 Å². The highest BCUT2D eigenvalue weighted by Gasteiger charge is 2.27. The molecule has 0 aromatic heterocycles. The minimum absolute atomic E-state index is 0.296. The summed E-state index contributed by atoms with van der Waals surface area (Å²) in [6.07, 6.45) is 2.19. The van der Waals surface area contributed by atoms with Gasteiger partial charge in [-0.05, 0) is 50.7 Å². The summed E-state index contributed by atoms with van der Waals surface area (Å²) in [6.45, 7) is 1.57. The third-order valence-corrected chi connectivity index (χ3v) is 5.57. The molecule has 5 nitrogen and oxygen atoms in total. The topological polar surface area (TPSA) is 66.6 Å². The molecule has 0 spiro atoms. The molecule has 106 valence electrons. The van der Waals surface area contributed by atoms with Crippen LogP contribution in [0, 0.1) is 0 Å². The molecule has 1 aliphatic rings. The molecule has 0 amide bonds. The fraction of sp³-hybridized carbons (Fsp3) is 0.538. The van der Waals surface area contributed by atoms with Crippen LogP contribution in [-0.4, -0.2) is 50.8 Å². The highest BCUT2D eigenvalue weighted by Crippen LogP contribution is 2.20. The number of benzene rings is 1. The van der Waals surface area contributed by atoms with Crippen molar-refractivity contribution < 1.29 is 8.42 Å². The van der Waals surface area contributed by atoms with E-state index in [0.29, 0.717) is 23.2 Å². The number of likely N-dealkylation sites (tertiary alicyclic amines) is 1. The first kappa shape index (κ1) is 14.3. The molecule has 0 aliphatic carbocycles. The molecule has 0 bridgehead atoms. The predicted molar refractivity (Wildman–Crippen MR) is 76.3 cm³/mol. The van der Waals surface area contributed by atoms with Crippen LogP contribution < -0.4 is 5.73 Å². The third kappa shape index (κ3) is 3.08. The Hall–Kier alpha value is -1.11. The minimum Gasteiger partial charge on any atom is -0.399 e. The Morgan fingerprint density at radius 2 is 2.00 bits per heavy atom. The van der Waals surface area contributed by atoms with Crippen LogP contribution in [0.1, 0.15) is 12.8 Å². The lowest BCUT2D eigenvalue weighted by atomic mass is 10.2. The van der Waals surface area contributed by atoms with Crippen molar-refractivity contribution >= 4 is 15.7 Å². The fourth-order valence-corrected chi connectivity index (χ4v) is 3.63. The van der Waals surface area contributed by atoms with Gasteiger partial charge in [0.05, 0.1) is 4.90 Å². The van der Waals surface area contributed by atoms with Gasteiger partial charge in [0.2, 0.25) is 10.0 Å². The van der Waals surface area contributed by atoms with E-state index in [1.165, 1.54) is 4.31 Å². The monoisotopic (exact) mass is 283 g/mol. The Bertz CT molecular complexity index is 527. The zero-order valence-electron chi connectivity index (χ0n) is 11.4. The number of nitrogens with two attached hydrogens (primary N) is 1. The Labute approximate surface area is 115 Å². The molecular weight excluding hydrogens is 262 g/mol. The molecular formula is C13H21N3O2S. The van der Waals surface area contributed by atoms with Crippen LogP contribution in [0.25, 0.3) is 0 Å². The van der Waals surface area contributed by atoms with Gasteiger partial charge in [-0.1, -0.05) is 0 Å². The van der Waals surface area contributed by atoms with Crippen molar-refractivity contribution in [3.8, 4) is 0 Å². The Morgan fingerprint density at radius 3 is 2.53 bits per heavy atom. The highest BCUT2D eigenvalue weighted by atomic mass is 32.2. The van der Waals surface area contributed by atoms with Crippen LogP contribution in [0.5, 0.6) is 0 Å². The van der Waals surface area contributed by atoms with Gasteiger partial charge < -0.3 is 10.6 Å². The number of likely N-dealkylation sites (N-methyl/N-ethyl adjacent to an activating group) is 2. The molecule has 19 heavy (non-hydrogen) atoms. The van der Waals surface area contributed by atoms with Gasteiger partial charge in [0, 0.05) is 25.3 Å². The number of nitrogen functional groups attached to an aromatic ring is 1. The summed E-state index contributed by atoms with van der Waals surface area (Å²) in [5, 5.41) is 0. The lowest BCUT2D eigenvalue weighted by Gasteiger charge is -2.25. The SMILES string of the molecule is CN1CCCC1CN(C)S(=O)(=O)c1ccc(N)cc1. The van der Waals surface area contributed by atoms with Crippen LogP contribution in [0.3, 0.4) is 0 Å². The first-order valence-corrected chi connectivity index (χ1v) is 7.87. The summed E-state index contributed by atoms with van der Waals surface area (Å²) in [6, 6.07) is 6.65. The summed E-state index contributed by atoms with van der Waals surface area (Å²) in [4.78, 5) is 2.51. The summed E-state index contributed by atoms with van der Waals surface area (Å²) in [7, 11) is 0.264. The summed E-state index contributed by atoms with van der Waals surface area (Å²) >= 11 is 0. The molecule has 2 rings (SSSR count).